The largest absolute Gasteiger partial charge is 0.357 e. The van der Waals surface area contributed by atoms with Gasteiger partial charge in [-0.25, -0.2) is 4.98 Å². The molecule has 1 N–H and O–H groups in total. The molecule has 0 aromatic carbocycles. The van der Waals surface area contributed by atoms with Gasteiger partial charge in [0.1, 0.15) is 0 Å². The average Bonchev–Trinajstić information content (AvgIpc) is 3.40. The molecule has 29 heavy (non-hydrogen) atoms. The van der Waals surface area contributed by atoms with Crippen molar-refractivity contribution in [2.75, 3.05) is 58.9 Å². The van der Waals surface area contributed by atoms with Crippen LogP contribution in [0.5, 0.6) is 0 Å². The third-order valence-corrected chi connectivity index (χ3v) is 6.56. The van der Waals surface area contributed by atoms with Crippen molar-refractivity contribution in [3.8, 4) is 0 Å². The number of aromatic nitrogens is 1. The number of carbonyl (C=O) groups is 1. The van der Waals surface area contributed by atoms with Gasteiger partial charge in [0.2, 0.25) is 5.91 Å². The van der Waals surface area contributed by atoms with Gasteiger partial charge in [-0.3, -0.25) is 14.7 Å². The van der Waals surface area contributed by atoms with Gasteiger partial charge in [0.25, 0.3) is 0 Å². The highest BCUT2D eigenvalue weighted by atomic mass is 127. The third kappa shape index (κ3) is 7.36. The lowest BCUT2D eigenvalue weighted by molar-refractivity contribution is -0.131. The van der Waals surface area contributed by atoms with Crippen LogP contribution in [0.15, 0.2) is 11.2 Å². The molecule has 9 heteroatoms. The van der Waals surface area contributed by atoms with E-state index in [1.807, 2.05) is 11.1 Å². The Morgan fingerprint density at radius 1 is 1.14 bits per heavy atom. The second-order valence-electron chi connectivity index (χ2n) is 7.41. The fourth-order valence-electron chi connectivity index (χ4n) is 3.69. The number of halogens is 1. The molecule has 0 radical (unpaired) electrons. The van der Waals surface area contributed by atoms with Crippen LogP contribution in [0.25, 0.3) is 0 Å². The Kier molecular flexibility index (Phi) is 10.6. The number of carbonyl (C=O) groups excluding carboxylic acids is 1. The first-order valence-corrected chi connectivity index (χ1v) is 11.5. The molecule has 3 rings (SSSR count). The number of nitrogens with zero attached hydrogens (tertiary/aromatic N) is 5. The fraction of sp³-hybridized carbons (Fsp3) is 0.750. The number of nitrogens with one attached hydrogen (secondary N) is 1. The highest BCUT2D eigenvalue weighted by molar-refractivity contribution is 14.0. The Labute approximate surface area is 196 Å². The fourth-order valence-corrected chi connectivity index (χ4v) is 4.54. The maximum Gasteiger partial charge on any atom is 0.236 e. The van der Waals surface area contributed by atoms with Crippen molar-refractivity contribution in [2.45, 2.75) is 39.5 Å². The zero-order chi connectivity index (χ0) is 19.8. The Morgan fingerprint density at radius 3 is 2.48 bits per heavy atom. The number of piperazine rings is 1. The predicted octanol–water partition coefficient (Wildman–Crippen LogP) is 2.07. The lowest BCUT2D eigenvalue weighted by Crippen LogP contribution is -2.54. The van der Waals surface area contributed by atoms with Gasteiger partial charge in [0.05, 0.1) is 11.6 Å². The maximum absolute atomic E-state index is 12.4. The SMILES string of the molecule is CCNC(=NCCc1ncc(CC)s1)N1CCN(CC(=O)N2CCCC2)CC1.I. The minimum atomic E-state index is 0. The molecular weight excluding hydrogens is 499 g/mol. The summed E-state index contributed by atoms with van der Waals surface area (Å²) in [5.74, 6) is 1.28. The standard InChI is InChI=1S/C20H34N6OS.HI/c1-3-17-15-23-18(28-17)7-8-22-20(21-4-2)26-13-11-24(12-14-26)16-19(27)25-9-5-6-10-25;/h15H,3-14,16H2,1-2H3,(H,21,22);1H. The van der Waals surface area contributed by atoms with Gasteiger partial charge >= 0.3 is 0 Å². The van der Waals surface area contributed by atoms with E-state index < -0.39 is 0 Å². The van der Waals surface area contributed by atoms with Crippen LogP contribution in [0.2, 0.25) is 0 Å². The summed E-state index contributed by atoms with van der Waals surface area (Å²) in [6.07, 6.45) is 6.24. The van der Waals surface area contributed by atoms with Crippen molar-refractivity contribution in [3.63, 3.8) is 0 Å². The highest BCUT2D eigenvalue weighted by Crippen LogP contribution is 2.14. The Morgan fingerprint density at radius 2 is 1.86 bits per heavy atom. The lowest BCUT2D eigenvalue weighted by Gasteiger charge is -2.36. The summed E-state index contributed by atoms with van der Waals surface area (Å²) in [6, 6.07) is 0. The summed E-state index contributed by atoms with van der Waals surface area (Å²) in [6.45, 7) is 12.0. The number of guanidine groups is 1. The van der Waals surface area contributed by atoms with Crippen molar-refractivity contribution in [3.05, 3.63) is 16.1 Å². The summed E-state index contributed by atoms with van der Waals surface area (Å²) >= 11 is 1.79. The predicted molar refractivity (Wildman–Crippen MR) is 130 cm³/mol. The van der Waals surface area contributed by atoms with Crippen molar-refractivity contribution < 1.29 is 4.79 Å². The summed E-state index contributed by atoms with van der Waals surface area (Å²) in [5.41, 5.74) is 0. The van der Waals surface area contributed by atoms with Crippen LogP contribution in [0.1, 0.15) is 36.6 Å². The topological polar surface area (TPSA) is 64.1 Å². The van der Waals surface area contributed by atoms with Crippen molar-refractivity contribution >= 4 is 47.2 Å². The van der Waals surface area contributed by atoms with E-state index in [1.165, 1.54) is 9.88 Å². The van der Waals surface area contributed by atoms with Gasteiger partial charge in [-0.05, 0) is 26.2 Å². The Bertz CT molecular complexity index is 653. The average molecular weight is 535 g/mol. The molecule has 0 atom stereocenters. The molecule has 164 valence electrons. The molecule has 7 nitrogen and oxygen atoms in total. The van der Waals surface area contributed by atoms with Crippen LogP contribution in [-0.2, 0) is 17.6 Å². The normalized spacial score (nSPS) is 18.1. The first kappa shape index (κ1) is 24.3. The van der Waals surface area contributed by atoms with Gasteiger partial charge in [0.15, 0.2) is 5.96 Å². The second kappa shape index (κ2) is 12.7. The summed E-state index contributed by atoms with van der Waals surface area (Å²) in [4.78, 5) is 29.6. The molecule has 2 aliphatic heterocycles. The molecule has 0 saturated carbocycles. The quantitative estimate of drug-likeness (QED) is 0.330. The number of aryl methyl sites for hydroxylation is 1. The molecule has 0 aliphatic carbocycles. The molecule has 0 unspecified atom stereocenters. The molecule has 0 bridgehead atoms. The number of hydrogen-bond acceptors (Lipinski definition) is 5. The van der Waals surface area contributed by atoms with Crippen LogP contribution < -0.4 is 5.32 Å². The van der Waals surface area contributed by atoms with Crippen molar-refractivity contribution in [2.24, 2.45) is 4.99 Å². The van der Waals surface area contributed by atoms with E-state index in [4.69, 9.17) is 4.99 Å². The number of likely N-dealkylation sites (tertiary alicyclic amines) is 1. The minimum Gasteiger partial charge on any atom is -0.357 e. The van der Waals surface area contributed by atoms with Gasteiger partial charge in [-0.1, -0.05) is 6.92 Å². The number of hydrogen-bond donors (Lipinski definition) is 1. The molecular formula is C20H35IN6OS. The smallest absolute Gasteiger partial charge is 0.236 e. The van der Waals surface area contributed by atoms with Gasteiger partial charge in [-0.2, -0.15) is 0 Å². The van der Waals surface area contributed by atoms with E-state index in [-0.39, 0.29) is 24.0 Å². The van der Waals surface area contributed by atoms with Crippen LogP contribution in [0.3, 0.4) is 0 Å². The van der Waals surface area contributed by atoms with Crippen LogP contribution >= 0.6 is 35.3 Å². The highest BCUT2D eigenvalue weighted by Gasteiger charge is 2.24. The van der Waals surface area contributed by atoms with Gasteiger partial charge < -0.3 is 15.1 Å². The molecule has 2 fully saturated rings. The first-order valence-electron chi connectivity index (χ1n) is 10.7. The number of rotatable bonds is 7. The van der Waals surface area contributed by atoms with E-state index in [2.05, 4.69) is 33.9 Å². The zero-order valence-corrected chi connectivity index (χ0v) is 20.9. The lowest BCUT2D eigenvalue weighted by atomic mass is 10.3. The van der Waals surface area contributed by atoms with E-state index in [1.54, 1.807) is 11.3 Å². The van der Waals surface area contributed by atoms with Crippen LogP contribution in [0, 0.1) is 0 Å². The molecule has 2 aliphatic rings. The molecule has 1 aromatic rings. The minimum absolute atomic E-state index is 0. The van der Waals surface area contributed by atoms with E-state index in [0.29, 0.717) is 12.5 Å². The number of aliphatic imine (C=N–C) groups is 1. The molecule has 1 aromatic heterocycles. The van der Waals surface area contributed by atoms with E-state index in [9.17, 15) is 4.79 Å². The number of amides is 1. The van der Waals surface area contributed by atoms with Crippen molar-refractivity contribution in [1.29, 1.82) is 0 Å². The summed E-state index contributed by atoms with van der Waals surface area (Å²) in [5, 5.41) is 4.59. The van der Waals surface area contributed by atoms with Gasteiger partial charge in [-0.15, -0.1) is 35.3 Å². The molecule has 2 saturated heterocycles. The van der Waals surface area contributed by atoms with Crippen molar-refractivity contribution in [1.82, 2.24) is 25.0 Å². The van der Waals surface area contributed by atoms with Crippen LogP contribution in [0.4, 0.5) is 0 Å². The summed E-state index contributed by atoms with van der Waals surface area (Å²) in [7, 11) is 0. The number of thiazole rings is 1. The Balaban J connectivity index is 0.00000300. The molecule has 1 amide bonds. The van der Waals surface area contributed by atoms with E-state index in [0.717, 1.165) is 84.0 Å². The summed E-state index contributed by atoms with van der Waals surface area (Å²) < 4.78 is 0. The van der Waals surface area contributed by atoms with E-state index >= 15 is 0 Å². The third-order valence-electron chi connectivity index (χ3n) is 5.36. The first-order chi connectivity index (χ1) is 13.7. The maximum atomic E-state index is 12.4. The molecule has 0 spiro atoms. The van der Waals surface area contributed by atoms with Gasteiger partial charge in [0, 0.05) is 69.9 Å². The molecule has 3 heterocycles. The monoisotopic (exact) mass is 534 g/mol. The second-order valence-corrected chi connectivity index (χ2v) is 8.61. The van der Waals surface area contributed by atoms with Crippen LogP contribution in [-0.4, -0.2) is 90.5 Å². The zero-order valence-electron chi connectivity index (χ0n) is 17.7. The Hall–Kier alpha value is -0.940.